The summed E-state index contributed by atoms with van der Waals surface area (Å²) in [6.45, 7) is 4.12. The quantitative estimate of drug-likeness (QED) is 0.656. The number of rotatable bonds is 5. The van der Waals surface area contributed by atoms with Crippen LogP contribution in [0.4, 0.5) is 0 Å². The molecule has 0 unspecified atom stereocenters. The van der Waals surface area contributed by atoms with Crippen LogP contribution < -0.4 is 0 Å². The molecule has 1 heterocycles. The second-order valence-electron chi connectivity index (χ2n) is 8.71. The van der Waals surface area contributed by atoms with E-state index in [1.54, 1.807) is 4.68 Å². The standard InChI is InChI=1S/C25H27ClN2O4/c1-14-22(15(2)28(27-14)13-16-7-3-4-8-17(16)26)25(23-18(29)9-5-10-19(23)30)24-20(31)11-6-12-21(24)32/h3-4,7-8,23,25,31H,5-6,9-13H2,1-2H3/t25-/m1/s1. The van der Waals surface area contributed by atoms with Crippen LogP contribution in [-0.2, 0) is 20.9 Å². The van der Waals surface area contributed by atoms with Crippen molar-refractivity contribution in [1.82, 2.24) is 9.78 Å². The van der Waals surface area contributed by atoms with Crippen LogP contribution in [0.3, 0.4) is 0 Å². The van der Waals surface area contributed by atoms with Gasteiger partial charge < -0.3 is 5.11 Å². The third-order valence-electron chi connectivity index (χ3n) is 6.64. The van der Waals surface area contributed by atoms with Crippen molar-refractivity contribution >= 4 is 29.0 Å². The van der Waals surface area contributed by atoms with Gasteiger partial charge in [-0.3, -0.25) is 19.1 Å². The van der Waals surface area contributed by atoms with E-state index in [4.69, 9.17) is 11.6 Å². The Balaban J connectivity index is 1.86. The van der Waals surface area contributed by atoms with Crippen molar-refractivity contribution < 1.29 is 19.5 Å². The van der Waals surface area contributed by atoms with Gasteiger partial charge in [0.2, 0.25) is 0 Å². The molecule has 0 saturated heterocycles. The highest BCUT2D eigenvalue weighted by Gasteiger charge is 2.44. The molecule has 1 aromatic carbocycles. The average Bonchev–Trinajstić information content (AvgIpc) is 3.01. The minimum Gasteiger partial charge on any atom is -0.512 e. The summed E-state index contributed by atoms with van der Waals surface area (Å²) in [6.07, 6.45) is 2.39. The fourth-order valence-electron chi connectivity index (χ4n) is 5.08. The Morgan fingerprint density at radius 3 is 2.38 bits per heavy atom. The highest BCUT2D eigenvalue weighted by atomic mass is 35.5. The van der Waals surface area contributed by atoms with Crippen LogP contribution >= 0.6 is 11.6 Å². The van der Waals surface area contributed by atoms with Gasteiger partial charge in [-0.1, -0.05) is 29.8 Å². The first-order valence-electron chi connectivity index (χ1n) is 11.1. The molecule has 0 bridgehead atoms. The molecule has 1 aromatic heterocycles. The summed E-state index contributed by atoms with van der Waals surface area (Å²) in [5.74, 6) is -2.29. The zero-order valence-corrected chi connectivity index (χ0v) is 19.1. The molecule has 7 heteroatoms. The van der Waals surface area contributed by atoms with E-state index < -0.39 is 11.8 Å². The Hall–Kier alpha value is -2.73. The van der Waals surface area contributed by atoms with Crippen molar-refractivity contribution in [2.75, 3.05) is 0 Å². The number of hydrogen-bond donors (Lipinski definition) is 1. The summed E-state index contributed by atoms with van der Waals surface area (Å²) < 4.78 is 1.79. The first-order chi connectivity index (χ1) is 15.3. The SMILES string of the molecule is Cc1nn(Cc2ccccc2Cl)c(C)c1[C@@H](C1=C(O)CCCC1=O)C1C(=O)CCCC1=O. The molecular weight excluding hydrogens is 428 g/mol. The molecule has 0 radical (unpaired) electrons. The second kappa shape index (κ2) is 9.02. The molecule has 0 amide bonds. The molecule has 1 saturated carbocycles. The lowest BCUT2D eigenvalue weighted by molar-refractivity contribution is -0.136. The number of aliphatic hydroxyl groups excluding tert-OH is 1. The maximum absolute atomic E-state index is 13.0. The van der Waals surface area contributed by atoms with Gasteiger partial charge in [0, 0.05) is 53.5 Å². The van der Waals surface area contributed by atoms with Gasteiger partial charge in [0.05, 0.1) is 23.9 Å². The van der Waals surface area contributed by atoms with E-state index in [0.29, 0.717) is 61.3 Å². The van der Waals surface area contributed by atoms with Crippen molar-refractivity contribution in [3.8, 4) is 0 Å². The molecule has 2 aromatic rings. The lowest BCUT2D eigenvalue weighted by Crippen LogP contribution is -2.37. The Bertz CT molecular complexity index is 1110. The first kappa shape index (κ1) is 22.5. The van der Waals surface area contributed by atoms with Crippen LogP contribution in [0.2, 0.25) is 5.02 Å². The van der Waals surface area contributed by atoms with Crippen LogP contribution in [0.5, 0.6) is 0 Å². The summed E-state index contributed by atoms with van der Waals surface area (Å²) in [6, 6.07) is 7.50. The van der Waals surface area contributed by atoms with Gasteiger partial charge in [-0.2, -0.15) is 5.10 Å². The van der Waals surface area contributed by atoms with E-state index in [1.807, 2.05) is 38.1 Å². The molecular formula is C25H27ClN2O4. The van der Waals surface area contributed by atoms with Crippen LogP contribution in [0.1, 0.15) is 67.0 Å². The molecule has 32 heavy (non-hydrogen) atoms. The van der Waals surface area contributed by atoms with Crippen molar-refractivity contribution in [1.29, 1.82) is 0 Å². The Morgan fingerprint density at radius 2 is 1.72 bits per heavy atom. The zero-order chi connectivity index (χ0) is 23.0. The summed E-state index contributed by atoms with van der Waals surface area (Å²) >= 11 is 6.34. The molecule has 1 fully saturated rings. The molecule has 1 N–H and O–H groups in total. The number of Topliss-reactive ketones (excluding diaryl/α,β-unsaturated/α-hetero) is 3. The molecule has 0 aliphatic heterocycles. The van der Waals surface area contributed by atoms with Gasteiger partial charge in [-0.15, -0.1) is 0 Å². The number of hydrogen-bond acceptors (Lipinski definition) is 5. The van der Waals surface area contributed by atoms with Crippen molar-refractivity contribution in [2.24, 2.45) is 5.92 Å². The molecule has 0 spiro atoms. The topological polar surface area (TPSA) is 89.3 Å². The summed E-state index contributed by atoms with van der Waals surface area (Å²) in [4.78, 5) is 38.9. The molecule has 2 aliphatic carbocycles. The zero-order valence-electron chi connectivity index (χ0n) is 18.4. The lowest BCUT2D eigenvalue weighted by Gasteiger charge is -2.32. The van der Waals surface area contributed by atoms with E-state index in [9.17, 15) is 19.5 Å². The highest BCUT2D eigenvalue weighted by Crippen LogP contribution is 2.43. The van der Waals surface area contributed by atoms with Gasteiger partial charge in [0.1, 0.15) is 11.6 Å². The van der Waals surface area contributed by atoms with Crippen molar-refractivity contribution in [3.05, 3.63) is 63.1 Å². The fraction of sp³-hybridized carbons (Fsp3) is 0.440. The summed E-state index contributed by atoms with van der Waals surface area (Å²) in [5.41, 5.74) is 3.20. The Kier molecular flexibility index (Phi) is 6.33. The van der Waals surface area contributed by atoms with Crippen LogP contribution in [0.15, 0.2) is 35.6 Å². The fourth-order valence-corrected chi connectivity index (χ4v) is 5.27. The number of ketones is 3. The number of carbonyl (C=O) groups is 3. The number of aliphatic hydroxyl groups is 1. The number of nitrogens with zero attached hydrogens (tertiary/aromatic N) is 2. The normalized spacial score (nSPS) is 19.0. The van der Waals surface area contributed by atoms with E-state index >= 15 is 0 Å². The number of aromatic nitrogens is 2. The summed E-state index contributed by atoms with van der Waals surface area (Å²) in [7, 11) is 0. The number of benzene rings is 1. The molecule has 2 aliphatic rings. The third kappa shape index (κ3) is 4.04. The maximum Gasteiger partial charge on any atom is 0.162 e. The monoisotopic (exact) mass is 454 g/mol. The largest absolute Gasteiger partial charge is 0.512 e. The minimum absolute atomic E-state index is 0.00456. The van der Waals surface area contributed by atoms with Crippen LogP contribution in [0.25, 0.3) is 0 Å². The summed E-state index contributed by atoms with van der Waals surface area (Å²) in [5, 5.41) is 16.0. The number of aryl methyl sites for hydroxylation is 1. The lowest BCUT2D eigenvalue weighted by atomic mass is 9.69. The smallest absolute Gasteiger partial charge is 0.162 e. The number of halogens is 1. The van der Waals surface area contributed by atoms with Crippen LogP contribution in [0, 0.1) is 19.8 Å². The predicted octanol–water partition coefficient (Wildman–Crippen LogP) is 4.79. The third-order valence-corrected chi connectivity index (χ3v) is 7.01. The number of allylic oxidation sites excluding steroid dienone is 2. The molecule has 168 valence electrons. The average molecular weight is 455 g/mol. The Morgan fingerprint density at radius 1 is 1.06 bits per heavy atom. The first-order valence-corrected chi connectivity index (χ1v) is 11.4. The van der Waals surface area contributed by atoms with Gasteiger partial charge in [-0.05, 0) is 38.3 Å². The number of carbonyl (C=O) groups excluding carboxylic acids is 3. The van der Waals surface area contributed by atoms with E-state index in [2.05, 4.69) is 5.10 Å². The van der Waals surface area contributed by atoms with E-state index in [-0.39, 0.29) is 28.7 Å². The van der Waals surface area contributed by atoms with Crippen molar-refractivity contribution in [2.45, 2.75) is 64.8 Å². The predicted molar refractivity (Wildman–Crippen MR) is 121 cm³/mol. The molecule has 6 nitrogen and oxygen atoms in total. The van der Waals surface area contributed by atoms with Crippen LogP contribution in [-0.4, -0.2) is 32.2 Å². The van der Waals surface area contributed by atoms with E-state index in [1.165, 1.54) is 0 Å². The Labute approximate surface area is 192 Å². The van der Waals surface area contributed by atoms with Gasteiger partial charge in [-0.25, -0.2) is 0 Å². The molecule has 4 rings (SSSR count). The van der Waals surface area contributed by atoms with Crippen molar-refractivity contribution in [3.63, 3.8) is 0 Å². The van der Waals surface area contributed by atoms with Gasteiger partial charge in [0.15, 0.2) is 5.78 Å². The molecule has 1 atom stereocenters. The highest BCUT2D eigenvalue weighted by molar-refractivity contribution is 6.31. The van der Waals surface area contributed by atoms with E-state index in [0.717, 1.165) is 11.3 Å². The van der Waals surface area contributed by atoms with Gasteiger partial charge in [0.25, 0.3) is 0 Å². The van der Waals surface area contributed by atoms with Gasteiger partial charge >= 0.3 is 0 Å². The minimum atomic E-state index is -0.960. The maximum atomic E-state index is 13.0. The second-order valence-corrected chi connectivity index (χ2v) is 9.12.